The van der Waals surface area contributed by atoms with E-state index in [-0.39, 0.29) is 18.1 Å². The van der Waals surface area contributed by atoms with Gasteiger partial charge in [-0.2, -0.15) is 0 Å². The van der Waals surface area contributed by atoms with Crippen molar-refractivity contribution in [1.29, 1.82) is 0 Å². The van der Waals surface area contributed by atoms with E-state index >= 15 is 0 Å². The average Bonchev–Trinajstić information content (AvgIpc) is 2.78. The molecule has 6 aliphatic rings. The van der Waals surface area contributed by atoms with Gasteiger partial charge in [-0.05, 0) is 74.8 Å². The smallest absolute Gasteiger partial charge is 0.325 e. The molecule has 2 aromatic rings. The van der Waals surface area contributed by atoms with E-state index in [1.807, 2.05) is 19.1 Å². The van der Waals surface area contributed by atoms with Crippen molar-refractivity contribution >= 4 is 17.3 Å². The van der Waals surface area contributed by atoms with E-state index in [4.69, 9.17) is 14.5 Å². The highest BCUT2D eigenvalue weighted by atomic mass is 17.3. The zero-order valence-corrected chi connectivity index (χ0v) is 18.5. The molecular weight excluding hydrogens is 402 g/mol. The van der Waals surface area contributed by atoms with Crippen molar-refractivity contribution in [3.05, 3.63) is 59.7 Å². The van der Waals surface area contributed by atoms with Gasteiger partial charge in [0.2, 0.25) is 0 Å². The largest absolute Gasteiger partial charge is 0.465 e. The molecule has 8 rings (SSSR count). The van der Waals surface area contributed by atoms with Crippen LogP contribution in [0.1, 0.15) is 50.2 Å². The fraction of sp³-hybridized carbons (Fsp3) is 0.519. The minimum atomic E-state index is -0.617. The molecule has 0 radical (unpaired) electrons. The maximum atomic E-state index is 12.6. The average molecular weight is 432 g/mol. The number of esters is 1. The zero-order chi connectivity index (χ0) is 21.5. The standard InChI is InChI=1S/C27H29NO4/c1-2-30-25(29)16-28-23-9-5-3-7-21(23)27(22-8-4-6-10-24(22)28)26(31-32-27)19-12-17-11-18(14-19)15-20(26)13-17/h3-10,17-20H,2,11-16H2,1H3. The molecule has 4 aliphatic carbocycles. The van der Waals surface area contributed by atoms with Gasteiger partial charge in [-0.15, -0.1) is 0 Å². The third-order valence-electron chi connectivity index (χ3n) is 8.95. The molecule has 0 aromatic heterocycles. The summed E-state index contributed by atoms with van der Waals surface area (Å²) in [6, 6.07) is 16.8. The lowest BCUT2D eigenvalue weighted by molar-refractivity contribution is -0.583. The molecular formula is C27H29NO4. The van der Waals surface area contributed by atoms with Crippen LogP contribution in [-0.4, -0.2) is 24.7 Å². The predicted molar refractivity (Wildman–Crippen MR) is 119 cm³/mol. The molecule has 32 heavy (non-hydrogen) atoms. The van der Waals surface area contributed by atoms with E-state index in [9.17, 15) is 4.79 Å². The summed E-state index contributed by atoms with van der Waals surface area (Å²) in [4.78, 5) is 27.3. The van der Waals surface area contributed by atoms with E-state index in [0.717, 1.165) is 34.3 Å². The van der Waals surface area contributed by atoms with Crippen molar-refractivity contribution in [2.75, 3.05) is 18.1 Å². The lowest BCUT2D eigenvalue weighted by Gasteiger charge is -2.71. The first-order valence-corrected chi connectivity index (χ1v) is 12.2. The molecule has 5 fully saturated rings. The number of rotatable bonds is 3. The van der Waals surface area contributed by atoms with Crippen molar-refractivity contribution in [2.24, 2.45) is 23.7 Å². The highest BCUT2D eigenvalue weighted by molar-refractivity contribution is 5.86. The maximum absolute atomic E-state index is 12.6. The fourth-order valence-electron chi connectivity index (χ4n) is 8.12. The fourth-order valence-corrected chi connectivity index (χ4v) is 8.12. The van der Waals surface area contributed by atoms with Gasteiger partial charge in [0.05, 0.1) is 6.61 Å². The highest BCUT2D eigenvalue weighted by Gasteiger charge is 2.77. The Morgan fingerprint density at radius 1 is 0.906 bits per heavy atom. The molecule has 1 saturated heterocycles. The summed E-state index contributed by atoms with van der Waals surface area (Å²) in [5.41, 5.74) is 3.37. The summed E-state index contributed by atoms with van der Waals surface area (Å²) in [5, 5.41) is 0. The summed E-state index contributed by atoms with van der Waals surface area (Å²) in [5.74, 6) is 2.51. The predicted octanol–water partition coefficient (Wildman–Crippen LogP) is 5.10. The van der Waals surface area contributed by atoms with E-state index in [1.165, 1.54) is 32.1 Å². The van der Waals surface area contributed by atoms with E-state index in [1.54, 1.807) is 0 Å². The molecule has 166 valence electrons. The molecule has 2 spiro atoms. The molecule has 5 heteroatoms. The molecule has 0 N–H and O–H groups in total. The van der Waals surface area contributed by atoms with Crippen LogP contribution in [0.15, 0.2) is 48.5 Å². The third-order valence-corrected chi connectivity index (χ3v) is 8.95. The van der Waals surface area contributed by atoms with Crippen molar-refractivity contribution in [3.8, 4) is 0 Å². The molecule has 0 unspecified atom stereocenters. The summed E-state index contributed by atoms with van der Waals surface area (Å²) >= 11 is 0. The summed E-state index contributed by atoms with van der Waals surface area (Å²) in [7, 11) is 0. The van der Waals surface area contributed by atoms with Crippen LogP contribution in [0.3, 0.4) is 0 Å². The molecule has 2 heterocycles. The number of ether oxygens (including phenoxy) is 1. The van der Waals surface area contributed by atoms with Crippen LogP contribution < -0.4 is 4.90 Å². The van der Waals surface area contributed by atoms with Gasteiger partial charge >= 0.3 is 5.97 Å². The quantitative estimate of drug-likeness (QED) is 0.500. The van der Waals surface area contributed by atoms with Crippen LogP contribution in [0.25, 0.3) is 0 Å². The lowest BCUT2D eigenvalue weighted by atomic mass is 9.44. The number of para-hydroxylation sites is 2. The minimum Gasteiger partial charge on any atom is -0.465 e. The number of carbonyl (C=O) groups is 1. The first-order chi connectivity index (χ1) is 15.7. The van der Waals surface area contributed by atoms with Crippen molar-refractivity contribution in [3.63, 3.8) is 0 Å². The highest BCUT2D eigenvalue weighted by Crippen LogP contribution is 2.73. The van der Waals surface area contributed by atoms with Crippen molar-refractivity contribution < 1.29 is 19.3 Å². The second-order valence-electron chi connectivity index (χ2n) is 10.4. The van der Waals surface area contributed by atoms with Crippen LogP contribution in [0.2, 0.25) is 0 Å². The molecule has 4 saturated carbocycles. The van der Waals surface area contributed by atoms with Gasteiger partial charge in [0.25, 0.3) is 0 Å². The van der Waals surface area contributed by atoms with Gasteiger partial charge in [0.1, 0.15) is 12.1 Å². The molecule has 0 amide bonds. The SMILES string of the molecule is CCOC(=O)CN1c2ccccc2C2(OOC23C2CC4CC(C2)CC3C4)c2ccccc21. The molecule has 2 aromatic carbocycles. The Morgan fingerprint density at radius 2 is 1.47 bits per heavy atom. The number of anilines is 2. The Balaban J connectivity index is 1.43. The first kappa shape index (κ1) is 19.1. The second kappa shape index (κ2) is 6.58. The Kier molecular flexibility index (Phi) is 3.93. The van der Waals surface area contributed by atoms with Crippen LogP contribution in [0.4, 0.5) is 11.4 Å². The maximum Gasteiger partial charge on any atom is 0.325 e. The molecule has 5 nitrogen and oxygen atoms in total. The van der Waals surface area contributed by atoms with E-state index in [0.29, 0.717) is 18.4 Å². The zero-order valence-electron chi connectivity index (χ0n) is 18.5. The summed E-state index contributed by atoms with van der Waals surface area (Å²) in [6.07, 6.45) is 6.38. The Labute approximate surface area is 188 Å². The van der Waals surface area contributed by atoms with Crippen LogP contribution in [-0.2, 0) is 24.9 Å². The molecule has 4 bridgehead atoms. The monoisotopic (exact) mass is 431 g/mol. The Bertz CT molecular complexity index is 1020. The number of nitrogens with zero attached hydrogens (tertiary/aromatic N) is 1. The molecule has 0 atom stereocenters. The second-order valence-corrected chi connectivity index (χ2v) is 10.4. The number of carbonyl (C=O) groups excluding carboxylic acids is 1. The van der Waals surface area contributed by atoms with Gasteiger partial charge in [0.15, 0.2) is 5.60 Å². The molecule has 2 aliphatic heterocycles. The normalized spacial score (nSPS) is 34.8. The van der Waals surface area contributed by atoms with E-state index in [2.05, 4.69) is 41.3 Å². The first-order valence-electron chi connectivity index (χ1n) is 12.2. The third kappa shape index (κ3) is 2.19. The van der Waals surface area contributed by atoms with Crippen LogP contribution in [0, 0.1) is 23.7 Å². The minimum absolute atomic E-state index is 0.183. The van der Waals surface area contributed by atoms with Gasteiger partial charge in [0, 0.05) is 22.5 Å². The van der Waals surface area contributed by atoms with Gasteiger partial charge in [-0.1, -0.05) is 36.4 Å². The lowest BCUT2D eigenvalue weighted by Crippen LogP contribution is -2.76. The van der Waals surface area contributed by atoms with Crippen molar-refractivity contribution in [1.82, 2.24) is 0 Å². The van der Waals surface area contributed by atoms with Crippen molar-refractivity contribution in [2.45, 2.75) is 50.2 Å². The summed E-state index contributed by atoms with van der Waals surface area (Å²) in [6.45, 7) is 2.41. The van der Waals surface area contributed by atoms with Gasteiger partial charge in [-0.3, -0.25) is 4.79 Å². The van der Waals surface area contributed by atoms with Crippen LogP contribution >= 0.6 is 0 Å². The number of fused-ring (bicyclic) bond motifs is 4. The van der Waals surface area contributed by atoms with Gasteiger partial charge < -0.3 is 9.64 Å². The Hall–Kier alpha value is -2.37. The Morgan fingerprint density at radius 3 is 1.97 bits per heavy atom. The van der Waals surface area contributed by atoms with Crippen LogP contribution in [0.5, 0.6) is 0 Å². The number of hydrogen-bond acceptors (Lipinski definition) is 5. The van der Waals surface area contributed by atoms with Gasteiger partial charge in [-0.25, -0.2) is 9.78 Å². The summed E-state index contributed by atoms with van der Waals surface area (Å²) < 4.78 is 5.32. The topological polar surface area (TPSA) is 48.0 Å². The number of hydrogen-bond donors (Lipinski definition) is 0. The van der Waals surface area contributed by atoms with E-state index < -0.39 is 5.60 Å². The number of benzene rings is 2.